The number of hydrogen-bond donors (Lipinski definition) is 1. The summed E-state index contributed by atoms with van der Waals surface area (Å²) < 4.78 is 0. The summed E-state index contributed by atoms with van der Waals surface area (Å²) in [6.07, 6.45) is 3.09. The first-order valence-corrected chi connectivity index (χ1v) is 6.48. The molecule has 2 nitrogen and oxygen atoms in total. The zero-order valence-electron chi connectivity index (χ0n) is 9.19. The van der Waals surface area contributed by atoms with Crippen molar-refractivity contribution >= 4 is 17.7 Å². The van der Waals surface area contributed by atoms with Gasteiger partial charge in [0.05, 0.1) is 0 Å². The predicted octanol–water partition coefficient (Wildman–Crippen LogP) is 2.56. The van der Waals surface area contributed by atoms with Crippen LogP contribution >= 0.6 is 11.8 Å². The van der Waals surface area contributed by atoms with E-state index in [1.165, 1.54) is 0 Å². The summed E-state index contributed by atoms with van der Waals surface area (Å²) >= 11 is 1.80. The molecule has 0 aliphatic carbocycles. The topological polar surface area (TPSA) is 29.1 Å². The molecular formula is C12H17NOS. The maximum absolute atomic E-state index is 11.7. The summed E-state index contributed by atoms with van der Waals surface area (Å²) in [6.45, 7) is 2.04. The van der Waals surface area contributed by atoms with Crippen LogP contribution in [0.2, 0.25) is 0 Å². The van der Waals surface area contributed by atoms with Gasteiger partial charge in [0.1, 0.15) is 0 Å². The molecule has 82 valence electrons. The monoisotopic (exact) mass is 223 g/mol. The van der Waals surface area contributed by atoms with Crippen LogP contribution in [0.4, 0.5) is 0 Å². The molecule has 1 unspecified atom stereocenters. The Kier molecular flexibility index (Phi) is 5.26. The van der Waals surface area contributed by atoms with Gasteiger partial charge in [-0.15, -0.1) is 0 Å². The third kappa shape index (κ3) is 4.38. The summed E-state index contributed by atoms with van der Waals surface area (Å²) in [6, 6.07) is 9.56. The molecule has 1 amide bonds. The van der Waals surface area contributed by atoms with Gasteiger partial charge in [-0.25, -0.2) is 0 Å². The lowest BCUT2D eigenvalue weighted by molar-refractivity contribution is 0.0939. The van der Waals surface area contributed by atoms with Gasteiger partial charge in [-0.3, -0.25) is 4.79 Å². The summed E-state index contributed by atoms with van der Waals surface area (Å²) in [7, 11) is 0. The summed E-state index contributed by atoms with van der Waals surface area (Å²) in [5.74, 6) is 1.10. The minimum Gasteiger partial charge on any atom is -0.350 e. The average molecular weight is 223 g/mol. The standard InChI is InChI=1S/C12H17NOS/c1-10(8-9-15-2)13-12(14)11-6-4-3-5-7-11/h3-7,10H,8-9H2,1-2H3,(H,13,14). The van der Waals surface area contributed by atoms with Crippen molar-refractivity contribution in [2.24, 2.45) is 0 Å². The Morgan fingerprint density at radius 1 is 1.40 bits per heavy atom. The van der Waals surface area contributed by atoms with Crippen molar-refractivity contribution in [3.63, 3.8) is 0 Å². The first-order valence-electron chi connectivity index (χ1n) is 5.09. The SMILES string of the molecule is CSCCC(C)NC(=O)c1ccccc1. The van der Waals surface area contributed by atoms with Gasteiger partial charge in [0.15, 0.2) is 0 Å². The molecule has 0 aliphatic heterocycles. The van der Waals surface area contributed by atoms with Crippen LogP contribution in [0.25, 0.3) is 0 Å². The molecule has 1 aromatic rings. The summed E-state index contributed by atoms with van der Waals surface area (Å²) in [5.41, 5.74) is 0.730. The zero-order chi connectivity index (χ0) is 11.1. The van der Waals surface area contributed by atoms with Crippen LogP contribution in [0.3, 0.4) is 0 Å². The normalized spacial score (nSPS) is 12.1. The van der Waals surface area contributed by atoms with Crippen LogP contribution in [0, 0.1) is 0 Å². The van der Waals surface area contributed by atoms with E-state index in [0.29, 0.717) is 0 Å². The zero-order valence-corrected chi connectivity index (χ0v) is 10.0. The fourth-order valence-electron chi connectivity index (χ4n) is 1.26. The Morgan fingerprint density at radius 2 is 2.07 bits per heavy atom. The van der Waals surface area contributed by atoms with Crippen LogP contribution in [0.1, 0.15) is 23.7 Å². The quantitative estimate of drug-likeness (QED) is 0.831. The van der Waals surface area contributed by atoms with Crippen molar-refractivity contribution in [3.8, 4) is 0 Å². The molecular weight excluding hydrogens is 206 g/mol. The fourth-order valence-corrected chi connectivity index (χ4v) is 1.85. The number of benzene rings is 1. The Hall–Kier alpha value is -0.960. The van der Waals surface area contributed by atoms with Crippen LogP contribution in [-0.2, 0) is 0 Å². The number of thioether (sulfide) groups is 1. The van der Waals surface area contributed by atoms with E-state index >= 15 is 0 Å². The molecule has 0 fully saturated rings. The second-order valence-corrected chi connectivity index (χ2v) is 4.51. The number of amides is 1. The van der Waals surface area contributed by atoms with Gasteiger partial charge in [-0.05, 0) is 37.5 Å². The summed E-state index contributed by atoms with van der Waals surface area (Å²) in [5, 5.41) is 2.98. The number of hydrogen-bond acceptors (Lipinski definition) is 2. The molecule has 0 bridgehead atoms. The molecule has 1 atom stereocenters. The molecule has 0 spiro atoms. The second-order valence-electron chi connectivity index (χ2n) is 3.52. The summed E-state index contributed by atoms with van der Waals surface area (Å²) in [4.78, 5) is 11.7. The third-order valence-electron chi connectivity index (χ3n) is 2.17. The van der Waals surface area contributed by atoms with Crippen molar-refractivity contribution < 1.29 is 4.79 Å². The van der Waals surface area contributed by atoms with E-state index in [1.54, 1.807) is 11.8 Å². The highest BCUT2D eigenvalue weighted by atomic mass is 32.2. The molecule has 0 radical (unpaired) electrons. The highest BCUT2D eigenvalue weighted by molar-refractivity contribution is 7.98. The van der Waals surface area contributed by atoms with Gasteiger partial charge in [0, 0.05) is 11.6 Å². The molecule has 0 saturated carbocycles. The number of carbonyl (C=O) groups excluding carboxylic acids is 1. The molecule has 0 heterocycles. The van der Waals surface area contributed by atoms with Gasteiger partial charge < -0.3 is 5.32 Å². The lowest BCUT2D eigenvalue weighted by atomic mass is 10.2. The molecule has 1 N–H and O–H groups in total. The van der Waals surface area contributed by atoms with E-state index in [1.807, 2.05) is 37.3 Å². The van der Waals surface area contributed by atoms with Crippen molar-refractivity contribution in [2.75, 3.05) is 12.0 Å². The van der Waals surface area contributed by atoms with Crippen LogP contribution in [-0.4, -0.2) is 24.0 Å². The van der Waals surface area contributed by atoms with Crippen molar-refractivity contribution in [1.29, 1.82) is 0 Å². The van der Waals surface area contributed by atoms with Crippen LogP contribution in [0.15, 0.2) is 30.3 Å². The molecule has 0 saturated heterocycles. The Labute approximate surface area is 95.5 Å². The number of carbonyl (C=O) groups is 1. The average Bonchev–Trinajstić information content (AvgIpc) is 2.27. The highest BCUT2D eigenvalue weighted by Gasteiger charge is 2.08. The first-order chi connectivity index (χ1) is 7.24. The largest absolute Gasteiger partial charge is 0.350 e. The highest BCUT2D eigenvalue weighted by Crippen LogP contribution is 2.02. The number of rotatable bonds is 5. The molecule has 15 heavy (non-hydrogen) atoms. The Balaban J connectivity index is 2.42. The minimum atomic E-state index is 0.0178. The smallest absolute Gasteiger partial charge is 0.251 e. The van der Waals surface area contributed by atoms with E-state index in [-0.39, 0.29) is 11.9 Å². The first kappa shape index (κ1) is 12.1. The van der Waals surface area contributed by atoms with Crippen molar-refractivity contribution in [2.45, 2.75) is 19.4 Å². The maximum Gasteiger partial charge on any atom is 0.251 e. The van der Waals surface area contributed by atoms with E-state index in [2.05, 4.69) is 11.6 Å². The lowest BCUT2D eigenvalue weighted by Gasteiger charge is -2.12. The molecule has 1 rings (SSSR count). The van der Waals surface area contributed by atoms with E-state index in [9.17, 15) is 4.79 Å². The molecule has 3 heteroatoms. The third-order valence-corrected chi connectivity index (χ3v) is 2.81. The predicted molar refractivity (Wildman–Crippen MR) is 66.4 cm³/mol. The van der Waals surface area contributed by atoms with Gasteiger partial charge >= 0.3 is 0 Å². The van der Waals surface area contributed by atoms with E-state index < -0.39 is 0 Å². The maximum atomic E-state index is 11.7. The molecule has 0 aliphatic rings. The van der Waals surface area contributed by atoms with Crippen LogP contribution < -0.4 is 5.32 Å². The van der Waals surface area contributed by atoms with Crippen molar-refractivity contribution in [1.82, 2.24) is 5.32 Å². The molecule has 1 aromatic carbocycles. The van der Waals surface area contributed by atoms with E-state index in [0.717, 1.165) is 17.7 Å². The Morgan fingerprint density at radius 3 is 2.67 bits per heavy atom. The Bertz CT molecular complexity index is 300. The van der Waals surface area contributed by atoms with Crippen molar-refractivity contribution in [3.05, 3.63) is 35.9 Å². The molecule has 0 aromatic heterocycles. The van der Waals surface area contributed by atoms with Gasteiger partial charge in [-0.2, -0.15) is 11.8 Å². The van der Waals surface area contributed by atoms with Gasteiger partial charge in [0.25, 0.3) is 5.91 Å². The minimum absolute atomic E-state index is 0.0178. The van der Waals surface area contributed by atoms with Crippen LogP contribution in [0.5, 0.6) is 0 Å². The number of nitrogens with one attached hydrogen (secondary N) is 1. The van der Waals surface area contributed by atoms with E-state index in [4.69, 9.17) is 0 Å². The second kappa shape index (κ2) is 6.51. The fraction of sp³-hybridized carbons (Fsp3) is 0.417. The van der Waals surface area contributed by atoms with Gasteiger partial charge in [-0.1, -0.05) is 18.2 Å². The lowest BCUT2D eigenvalue weighted by Crippen LogP contribution is -2.32. The van der Waals surface area contributed by atoms with Gasteiger partial charge in [0.2, 0.25) is 0 Å².